The Morgan fingerprint density at radius 2 is 1.93 bits per heavy atom. The van der Waals surface area contributed by atoms with Gasteiger partial charge >= 0.3 is 0 Å². The molecule has 1 heterocycles. The maximum absolute atomic E-state index is 12.7. The number of non-ortho nitro benzene ring substituents is 1. The molecule has 0 aliphatic carbocycles. The second kappa shape index (κ2) is 8.93. The Morgan fingerprint density at radius 3 is 2.60 bits per heavy atom. The fourth-order valence-corrected chi connectivity index (χ4v) is 3.67. The highest BCUT2D eigenvalue weighted by atomic mass is 32.2. The first kappa shape index (κ1) is 21.3. The van der Waals surface area contributed by atoms with Crippen LogP contribution in [0.3, 0.4) is 0 Å². The number of thioether (sulfide) groups is 1. The zero-order valence-corrected chi connectivity index (χ0v) is 17.4. The van der Waals surface area contributed by atoms with Crippen molar-refractivity contribution in [1.82, 2.24) is 5.01 Å². The summed E-state index contributed by atoms with van der Waals surface area (Å²) < 4.78 is 10.6. The molecule has 0 bridgehead atoms. The molecule has 0 unspecified atom stereocenters. The van der Waals surface area contributed by atoms with Gasteiger partial charge in [0.15, 0.2) is 4.32 Å². The van der Waals surface area contributed by atoms with Crippen molar-refractivity contribution in [2.45, 2.75) is 0 Å². The van der Waals surface area contributed by atoms with Gasteiger partial charge in [-0.1, -0.05) is 23.6 Å². The van der Waals surface area contributed by atoms with Gasteiger partial charge in [0.25, 0.3) is 11.6 Å². The summed E-state index contributed by atoms with van der Waals surface area (Å²) in [5.41, 5.74) is 0.357. The zero-order valence-electron chi connectivity index (χ0n) is 15.7. The van der Waals surface area contributed by atoms with Crippen molar-refractivity contribution in [2.24, 2.45) is 5.10 Å². The van der Waals surface area contributed by atoms with Crippen LogP contribution in [0.2, 0.25) is 0 Å². The maximum Gasteiger partial charge on any atom is 0.286 e. The Kier molecular flexibility index (Phi) is 6.33. The number of thiocarbonyl (C=S) groups is 1. The molecule has 2 aromatic carbocycles. The molecule has 0 N–H and O–H groups in total. The van der Waals surface area contributed by atoms with Crippen LogP contribution in [0.15, 0.2) is 46.4 Å². The van der Waals surface area contributed by atoms with Gasteiger partial charge in [-0.25, -0.2) is 0 Å². The Bertz CT molecular complexity index is 1100. The standard InChI is InChI=1S/C19H15N3O6S2/c1-27-14-5-3-11(16(9-14)28-2)8-17-18(24)21(19(29)30-17)20-10-12-7-13(22(25)26)4-6-15(12)23/h3-10,23H,1-2H3/p-1/b17-8+,20-10?. The highest BCUT2D eigenvalue weighted by molar-refractivity contribution is 8.26. The Labute approximate surface area is 180 Å². The highest BCUT2D eigenvalue weighted by Gasteiger charge is 2.32. The minimum absolute atomic E-state index is 0.0287. The van der Waals surface area contributed by atoms with Gasteiger partial charge in [-0.15, -0.1) is 0 Å². The molecule has 154 valence electrons. The first-order valence-electron chi connectivity index (χ1n) is 8.33. The van der Waals surface area contributed by atoms with Gasteiger partial charge in [0, 0.05) is 23.8 Å². The first-order chi connectivity index (χ1) is 14.3. The molecule has 0 aromatic heterocycles. The zero-order chi connectivity index (χ0) is 21.8. The summed E-state index contributed by atoms with van der Waals surface area (Å²) in [6.07, 6.45) is 2.69. The number of rotatable bonds is 6. The predicted octanol–water partition coefficient (Wildman–Crippen LogP) is 2.92. The van der Waals surface area contributed by atoms with Crippen molar-refractivity contribution in [3.63, 3.8) is 0 Å². The quantitative estimate of drug-likeness (QED) is 0.219. The van der Waals surface area contributed by atoms with Crippen molar-refractivity contribution >= 4 is 52.2 Å². The summed E-state index contributed by atoms with van der Waals surface area (Å²) in [6.45, 7) is 0. The van der Waals surface area contributed by atoms with Crippen LogP contribution in [0.25, 0.3) is 6.08 Å². The molecule has 30 heavy (non-hydrogen) atoms. The number of carbonyl (C=O) groups is 1. The van der Waals surface area contributed by atoms with E-state index in [1.54, 1.807) is 24.3 Å². The van der Waals surface area contributed by atoms with Gasteiger partial charge in [-0.3, -0.25) is 14.9 Å². The lowest BCUT2D eigenvalue weighted by Crippen LogP contribution is -2.22. The third-order valence-electron chi connectivity index (χ3n) is 4.02. The summed E-state index contributed by atoms with van der Waals surface area (Å²) in [5.74, 6) is 0.160. The van der Waals surface area contributed by atoms with Crippen molar-refractivity contribution < 1.29 is 24.3 Å². The molecule has 1 aliphatic heterocycles. The van der Waals surface area contributed by atoms with Gasteiger partial charge in [0.2, 0.25) is 0 Å². The topological polar surface area (TPSA) is 117 Å². The molecule has 9 nitrogen and oxygen atoms in total. The Balaban J connectivity index is 1.87. The number of nitrogens with zero attached hydrogens (tertiary/aromatic N) is 3. The average molecular weight is 444 g/mol. The van der Waals surface area contributed by atoms with Gasteiger partial charge in [-0.2, -0.15) is 10.1 Å². The normalized spacial score (nSPS) is 15.3. The molecule has 0 radical (unpaired) electrons. The van der Waals surface area contributed by atoms with Crippen LogP contribution >= 0.6 is 24.0 Å². The predicted molar refractivity (Wildman–Crippen MR) is 115 cm³/mol. The maximum atomic E-state index is 12.7. The van der Waals surface area contributed by atoms with Crippen molar-refractivity contribution in [3.8, 4) is 17.2 Å². The molecule has 0 saturated carbocycles. The molecule has 2 aromatic rings. The monoisotopic (exact) mass is 444 g/mol. The van der Waals surface area contributed by atoms with E-state index in [4.69, 9.17) is 21.7 Å². The highest BCUT2D eigenvalue weighted by Crippen LogP contribution is 2.35. The molecular weight excluding hydrogens is 430 g/mol. The van der Waals surface area contributed by atoms with Crippen molar-refractivity contribution in [3.05, 3.63) is 62.5 Å². The van der Waals surface area contributed by atoms with E-state index in [2.05, 4.69) is 5.10 Å². The summed E-state index contributed by atoms with van der Waals surface area (Å²) >= 11 is 6.24. The third-order valence-corrected chi connectivity index (χ3v) is 5.30. The van der Waals surface area contributed by atoms with E-state index in [9.17, 15) is 20.0 Å². The molecule has 1 aliphatic rings. The van der Waals surface area contributed by atoms with Gasteiger partial charge in [-0.05, 0) is 36.0 Å². The van der Waals surface area contributed by atoms with Crippen LogP contribution in [-0.4, -0.2) is 40.6 Å². The summed E-state index contributed by atoms with van der Waals surface area (Å²) in [5, 5.41) is 27.7. The van der Waals surface area contributed by atoms with Crippen molar-refractivity contribution in [1.29, 1.82) is 0 Å². The van der Waals surface area contributed by atoms with Crippen LogP contribution < -0.4 is 14.6 Å². The van der Waals surface area contributed by atoms with Crippen LogP contribution in [0, 0.1) is 10.1 Å². The fourth-order valence-electron chi connectivity index (χ4n) is 2.51. The molecule has 1 saturated heterocycles. The van der Waals surface area contributed by atoms with Crippen LogP contribution in [-0.2, 0) is 4.79 Å². The third kappa shape index (κ3) is 4.42. The first-order valence-corrected chi connectivity index (χ1v) is 9.56. The average Bonchev–Trinajstić information content (AvgIpc) is 3.00. The van der Waals surface area contributed by atoms with Crippen LogP contribution in [0.4, 0.5) is 5.69 Å². The number of amides is 1. The van der Waals surface area contributed by atoms with E-state index < -0.39 is 16.6 Å². The number of ether oxygens (including phenoxy) is 2. The van der Waals surface area contributed by atoms with E-state index in [1.165, 1.54) is 14.2 Å². The van der Waals surface area contributed by atoms with Crippen molar-refractivity contribution in [2.75, 3.05) is 14.2 Å². The smallest absolute Gasteiger partial charge is 0.286 e. The fraction of sp³-hybridized carbons (Fsp3) is 0.105. The lowest BCUT2D eigenvalue weighted by atomic mass is 10.1. The Hall–Kier alpha value is -3.44. The number of benzene rings is 2. The van der Waals surface area contributed by atoms with Gasteiger partial charge < -0.3 is 14.6 Å². The molecule has 0 spiro atoms. The van der Waals surface area contributed by atoms with E-state index in [0.717, 1.165) is 41.2 Å². The van der Waals surface area contributed by atoms with Crippen LogP contribution in [0.1, 0.15) is 11.1 Å². The lowest BCUT2D eigenvalue weighted by molar-refractivity contribution is -0.385. The number of methoxy groups -OCH3 is 2. The van der Waals surface area contributed by atoms with E-state index in [0.29, 0.717) is 22.0 Å². The second-order valence-corrected chi connectivity index (χ2v) is 7.50. The number of nitro benzene ring substituents is 1. The second-order valence-electron chi connectivity index (χ2n) is 5.83. The molecule has 0 atom stereocenters. The number of nitro groups is 1. The number of hydrogen-bond acceptors (Lipinski definition) is 9. The molecular formula is C19H14N3O6S2-. The van der Waals surface area contributed by atoms with E-state index in [1.807, 2.05) is 0 Å². The number of carbonyl (C=O) groups excluding carboxylic acids is 1. The molecule has 11 heteroatoms. The van der Waals surface area contributed by atoms with Gasteiger partial charge in [0.05, 0.1) is 30.3 Å². The lowest BCUT2D eigenvalue weighted by Gasteiger charge is -2.11. The summed E-state index contributed by atoms with van der Waals surface area (Å²) in [6, 6.07) is 8.40. The molecule has 1 amide bonds. The Morgan fingerprint density at radius 1 is 1.17 bits per heavy atom. The number of hydrazone groups is 1. The minimum atomic E-state index is -0.624. The minimum Gasteiger partial charge on any atom is -0.872 e. The largest absolute Gasteiger partial charge is 0.872 e. The molecule has 1 fully saturated rings. The molecule has 3 rings (SSSR count). The summed E-state index contributed by atoms with van der Waals surface area (Å²) in [4.78, 5) is 23.3. The van der Waals surface area contributed by atoms with E-state index in [-0.39, 0.29) is 15.6 Å². The summed E-state index contributed by atoms with van der Waals surface area (Å²) in [7, 11) is 3.04. The SMILES string of the molecule is COc1ccc(/C=C2/SC(=S)N(N=Cc3cc([N+](=O)[O-])ccc3[O-])C2=O)c(OC)c1. The van der Waals surface area contributed by atoms with Gasteiger partial charge in [0.1, 0.15) is 11.5 Å². The number of hydrogen-bond donors (Lipinski definition) is 0. The van der Waals surface area contributed by atoms with E-state index >= 15 is 0 Å². The van der Waals surface area contributed by atoms with Crippen LogP contribution in [0.5, 0.6) is 17.2 Å².